The van der Waals surface area contributed by atoms with Crippen molar-refractivity contribution in [3.63, 3.8) is 0 Å². The number of benzene rings is 1. The third-order valence-electron chi connectivity index (χ3n) is 3.03. The van der Waals surface area contributed by atoms with E-state index in [0.29, 0.717) is 6.54 Å². The van der Waals surface area contributed by atoms with Gasteiger partial charge < -0.3 is 15.4 Å². The van der Waals surface area contributed by atoms with Crippen LogP contribution in [0.5, 0.6) is 0 Å². The van der Waals surface area contributed by atoms with Crippen molar-refractivity contribution in [2.24, 2.45) is 5.73 Å². The molecule has 0 bridgehead atoms. The first-order valence-electron chi connectivity index (χ1n) is 6.06. The highest BCUT2D eigenvalue weighted by Crippen LogP contribution is 2.13. The number of imidazole rings is 1. The lowest BCUT2D eigenvalue weighted by atomic mass is 10.1. The Balaban J connectivity index is 2.13. The smallest absolute Gasteiger partial charge is 0.0959 e. The molecular formula is C13H19N3O. The molecule has 0 aliphatic heterocycles. The van der Waals surface area contributed by atoms with Gasteiger partial charge in [0.1, 0.15) is 0 Å². The van der Waals surface area contributed by atoms with Crippen LogP contribution in [0, 0.1) is 0 Å². The van der Waals surface area contributed by atoms with E-state index in [9.17, 15) is 5.11 Å². The van der Waals surface area contributed by atoms with Crippen LogP contribution in [-0.4, -0.2) is 26.8 Å². The van der Waals surface area contributed by atoms with Gasteiger partial charge in [0.2, 0.25) is 0 Å². The second kappa shape index (κ2) is 5.29. The number of nitrogens with zero attached hydrogens (tertiary/aromatic N) is 2. The molecule has 3 N–H and O–H groups in total. The van der Waals surface area contributed by atoms with Crippen LogP contribution < -0.4 is 5.73 Å². The fraction of sp³-hybridized carbons (Fsp3) is 0.462. The second-order valence-electron chi connectivity index (χ2n) is 4.41. The fourth-order valence-electron chi connectivity index (χ4n) is 2.02. The Labute approximate surface area is 101 Å². The van der Waals surface area contributed by atoms with Gasteiger partial charge in [0, 0.05) is 6.04 Å². The number of aromatic nitrogens is 2. The largest absolute Gasteiger partial charge is 0.390 e. The lowest BCUT2D eigenvalue weighted by molar-refractivity contribution is 0.122. The van der Waals surface area contributed by atoms with Gasteiger partial charge in [-0.15, -0.1) is 0 Å². The minimum Gasteiger partial charge on any atom is -0.390 e. The van der Waals surface area contributed by atoms with Crippen LogP contribution >= 0.6 is 0 Å². The molecule has 0 amide bonds. The number of para-hydroxylation sites is 2. The summed E-state index contributed by atoms with van der Waals surface area (Å²) < 4.78 is 1.95. The summed E-state index contributed by atoms with van der Waals surface area (Å²) in [7, 11) is 0. The zero-order valence-corrected chi connectivity index (χ0v) is 10.1. The van der Waals surface area contributed by atoms with Crippen LogP contribution in [0.25, 0.3) is 11.0 Å². The number of nitrogens with two attached hydrogens (primary N) is 1. The molecule has 0 saturated heterocycles. The first-order chi connectivity index (χ1) is 8.22. The van der Waals surface area contributed by atoms with E-state index in [1.807, 2.05) is 28.8 Å². The molecule has 1 aromatic heterocycles. The molecule has 0 fully saturated rings. The first-order valence-corrected chi connectivity index (χ1v) is 6.06. The van der Waals surface area contributed by atoms with Crippen LogP contribution in [0.2, 0.25) is 0 Å². The van der Waals surface area contributed by atoms with Crippen LogP contribution in [0.1, 0.15) is 19.8 Å². The van der Waals surface area contributed by atoms with E-state index in [-0.39, 0.29) is 6.04 Å². The molecule has 0 spiro atoms. The quantitative estimate of drug-likeness (QED) is 0.823. The average Bonchev–Trinajstić information content (AvgIpc) is 2.73. The molecule has 4 heteroatoms. The number of aliphatic hydroxyl groups is 1. The molecule has 92 valence electrons. The summed E-state index contributed by atoms with van der Waals surface area (Å²) in [5, 5.41) is 10.0. The zero-order chi connectivity index (χ0) is 12.3. The molecule has 4 nitrogen and oxygen atoms in total. The molecular weight excluding hydrogens is 214 g/mol. The Bertz CT molecular complexity index is 480. The van der Waals surface area contributed by atoms with Crippen molar-refractivity contribution < 1.29 is 5.11 Å². The second-order valence-corrected chi connectivity index (χ2v) is 4.41. The maximum atomic E-state index is 10.0. The van der Waals surface area contributed by atoms with Gasteiger partial charge in [-0.05, 0) is 18.6 Å². The number of rotatable bonds is 5. The van der Waals surface area contributed by atoms with Gasteiger partial charge in [0.25, 0.3) is 0 Å². The SMILES string of the molecule is CCCC(N)C(O)Cn1cnc2ccccc21. The fourth-order valence-corrected chi connectivity index (χ4v) is 2.02. The van der Waals surface area contributed by atoms with Crippen molar-refractivity contribution in [2.45, 2.75) is 38.5 Å². The van der Waals surface area contributed by atoms with E-state index in [4.69, 9.17) is 5.73 Å². The van der Waals surface area contributed by atoms with E-state index in [1.165, 1.54) is 0 Å². The van der Waals surface area contributed by atoms with Crippen LogP contribution in [0.4, 0.5) is 0 Å². The van der Waals surface area contributed by atoms with Crippen LogP contribution in [0.15, 0.2) is 30.6 Å². The van der Waals surface area contributed by atoms with Crippen LogP contribution in [-0.2, 0) is 6.54 Å². The highest BCUT2D eigenvalue weighted by atomic mass is 16.3. The van der Waals surface area contributed by atoms with Gasteiger partial charge in [-0.1, -0.05) is 25.5 Å². The Hall–Kier alpha value is -1.39. The summed E-state index contributed by atoms with van der Waals surface area (Å²) in [5.41, 5.74) is 7.89. The van der Waals surface area contributed by atoms with Crippen molar-refractivity contribution in [3.8, 4) is 0 Å². The van der Waals surface area contributed by atoms with E-state index < -0.39 is 6.10 Å². The lowest BCUT2D eigenvalue weighted by Crippen LogP contribution is -2.37. The van der Waals surface area contributed by atoms with E-state index in [0.717, 1.165) is 23.9 Å². The van der Waals surface area contributed by atoms with E-state index in [1.54, 1.807) is 6.33 Å². The Kier molecular flexibility index (Phi) is 3.76. The Morgan fingerprint density at radius 2 is 2.18 bits per heavy atom. The highest BCUT2D eigenvalue weighted by molar-refractivity contribution is 5.74. The van der Waals surface area contributed by atoms with Crippen molar-refractivity contribution in [1.29, 1.82) is 0 Å². The first kappa shape index (κ1) is 12.1. The van der Waals surface area contributed by atoms with Crippen molar-refractivity contribution >= 4 is 11.0 Å². The van der Waals surface area contributed by atoms with Crippen LogP contribution in [0.3, 0.4) is 0 Å². The standard InChI is InChI=1S/C13H19N3O/c1-2-5-10(14)13(17)8-16-9-15-11-6-3-4-7-12(11)16/h3-4,6-7,9-10,13,17H,2,5,8,14H2,1H3. The normalized spacial score (nSPS) is 15.0. The molecule has 2 aromatic rings. The average molecular weight is 233 g/mol. The predicted octanol–water partition coefficient (Wildman–Crippen LogP) is 1.52. The summed E-state index contributed by atoms with van der Waals surface area (Å²) in [6.07, 6.45) is 3.07. The molecule has 1 heterocycles. The molecule has 0 saturated carbocycles. The minimum absolute atomic E-state index is 0.166. The molecule has 0 aliphatic rings. The molecule has 1 aromatic carbocycles. The predicted molar refractivity (Wildman–Crippen MR) is 68.6 cm³/mol. The Morgan fingerprint density at radius 1 is 1.41 bits per heavy atom. The molecule has 0 aliphatic carbocycles. The lowest BCUT2D eigenvalue weighted by Gasteiger charge is -2.18. The van der Waals surface area contributed by atoms with Crippen molar-refractivity contribution in [1.82, 2.24) is 9.55 Å². The minimum atomic E-state index is -0.521. The summed E-state index contributed by atoms with van der Waals surface area (Å²) in [4.78, 5) is 4.29. The molecule has 2 unspecified atom stereocenters. The zero-order valence-electron chi connectivity index (χ0n) is 10.1. The number of hydrogen-bond donors (Lipinski definition) is 2. The summed E-state index contributed by atoms with van der Waals surface area (Å²) >= 11 is 0. The number of hydrogen-bond acceptors (Lipinski definition) is 3. The van der Waals surface area contributed by atoms with Gasteiger partial charge in [0.05, 0.1) is 30.0 Å². The van der Waals surface area contributed by atoms with Gasteiger partial charge in [0.15, 0.2) is 0 Å². The number of fused-ring (bicyclic) bond motifs is 1. The Morgan fingerprint density at radius 3 is 2.94 bits per heavy atom. The summed E-state index contributed by atoms with van der Waals surface area (Å²) in [6.45, 7) is 2.57. The third kappa shape index (κ3) is 2.65. The van der Waals surface area contributed by atoms with Gasteiger partial charge in [-0.25, -0.2) is 4.98 Å². The van der Waals surface area contributed by atoms with E-state index in [2.05, 4.69) is 11.9 Å². The topological polar surface area (TPSA) is 64.1 Å². The maximum Gasteiger partial charge on any atom is 0.0959 e. The van der Waals surface area contributed by atoms with Crippen molar-refractivity contribution in [3.05, 3.63) is 30.6 Å². The summed E-state index contributed by atoms with van der Waals surface area (Å²) in [5.74, 6) is 0. The highest BCUT2D eigenvalue weighted by Gasteiger charge is 2.15. The molecule has 0 radical (unpaired) electrons. The van der Waals surface area contributed by atoms with Gasteiger partial charge >= 0.3 is 0 Å². The number of aliphatic hydroxyl groups excluding tert-OH is 1. The summed E-state index contributed by atoms with van der Waals surface area (Å²) in [6, 6.07) is 7.73. The monoisotopic (exact) mass is 233 g/mol. The molecule has 2 atom stereocenters. The maximum absolute atomic E-state index is 10.0. The molecule has 2 rings (SSSR count). The van der Waals surface area contributed by atoms with Gasteiger partial charge in [-0.2, -0.15) is 0 Å². The van der Waals surface area contributed by atoms with Crippen molar-refractivity contribution in [2.75, 3.05) is 0 Å². The third-order valence-corrected chi connectivity index (χ3v) is 3.03. The van der Waals surface area contributed by atoms with Gasteiger partial charge in [-0.3, -0.25) is 0 Å². The van der Waals surface area contributed by atoms with E-state index >= 15 is 0 Å². The molecule has 17 heavy (non-hydrogen) atoms.